The largest absolute Gasteiger partial charge is 0.382 e. The topological polar surface area (TPSA) is 21.3 Å². The predicted molar refractivity (Wildman–Crippen MR) is 78.0 cm³/mol. The Kier molecular flexibility index (Phi) is 7.68. The quantitative estimate of drug-likeness (QED) is 0.690. The first-order valence-electron chi connectivity index (χ1n) is 7.17. The molecule has 0 spiro atoms. The van der Waals surface area contributed by atoms with Crippen molar-refractivity contribution in [2.24, 2.45) is 5.92 Å². The third kappa shape index (κ3) is 6.69. The Balaban J connectivity index is 2.57. The molecule has 1 unspecified atom stereocenters. The van der Waals surface area contributed by atoms with Crippen LogP contribution in [0.3, 0.4) is 0 Å². The summed E-state index contributed by atoms with van der Waals surface area (Å²) in [6.07, 6.45) is 0.919. The van der Waals surface area contributed by atoms with Gasteiger partial charge in [0.2, 0.25) is 0 Å². The summed E-state index contributed by atoms with van der Waals surface area (Å²) in [5, 5.41) is 3.45. The van der Waals surface area contributed by atoms with Gasteiger partial charge in [-0.05, 0) is 49.4 Å². The van der Waals surface area contributed by atoms with E-state index >= 15 is 0 Å². The van der Waals surface area contributed by atoms with E-state index in [2.05, 4.69) is 19.2 Å². The molecule has 0 aliphatic rings. The Bertz CT molecular complexity index is 354. The minimum Gasteiger partial charge on any atom is -0.382 e. The summed E-state index contributed by atoms with van der Waals surface area (Å²) < 4.78 is 18.7. The lowest BCUT2D eigenvalue weighted by molar-refractivity contribution is 0.139. The molecule has 0 fully saturated rings. The van der Waals surface area contributed by atoms with Gasteiger partial charge >= 0.3 is 0 Å². The standard InChI is InChI=1S/C16H26FNO/c1-4-19-9-8-15(12-18-11-13(2)3)14-6-5-7-16(17)10-14/h5-7,10,13,15,18H,4,8-9,11-12H2,1-3H3. The lowest BCUT2D eigenvalue weighted by atomic mass is 9.95. The van der Waals surface area contributed by atoms with E-state index in [-0.39, 0.29) is 5.82 Å². The van der Waals surface area contributed by atoms with Crippen molar-refractivity contribution in [2.75, 3.05) is 26.3 Å². The smallest absolute Gasteiger partial charge is 0.123 e. The van der Waals surface area contributed by atoms with Gasteiger partial charge in [0.1, 0.15) is 5.82 Å². The van der Waals surface area contributed by atoms with Crippen molar-refractivity contribution in [3.8, 4) is 0 Å². The summed E-state index contributed by atoms with van der Waals surface area (Å²) in [5.41, 5.74) is 1.05. The average molecular weight is 267 g/mol. The Morgan fingerprint density at radius 3 is 2.68 bits per heavy atom. The van der Waals surface area contributed by atoms with Gasteiger partial charge in [-0.15, -0.1) is 0 Å². The molecule has 1 rings (SSSR count). The summed E-state index contributed by atoms with van der Waals surface area (Å²) >= 11 is 0. The first-order valence-corrected chi connectivity index (χ1v) is 7.17. The van der Waals surface area contributed by atoms with Crippen LogP contribution in [0, 0.1) is 11.7 Å². The average Bonchev–Trinajstić information content (AvgIpc) is 2.37. The van der Waals surface area contributed by atoms with Crippen molar-refractivity contribution >= 4 is 0 Å². The van der Waals surface area contributed by atoms with Crippen LogP contribution in [0.15, 0.2) is 24.3 Å². The Morgan fingerprint density at radius 2 is 2.05 bits per heavy atom. The zero-order valence-corrected chi connectivity index (χ0v) is 12.3. The zero-order valence-electron chi connectivity index (χ0n) is 12.3. The summed E-state index contributed by atoms with van der Waals surface area (Å²) in [4.78, 5) is 0. The molecule has 0 saturated carbocycles. The number of benzene rings is 1. The van der Waals surface area contributed by atoms with Gasteiger partial charge in [0.25, 0.3) is 0 Å². The van der Waals surface area contributed by atoms with E-state index in [1.807, 2.05) is 13.0 Å². The van der Waals surface area contributed by atoms with E-state index in [0.717, 1.165) is 38.3 Å². The van der Waals surface area contributed by atoms with Crippen LogP contribution in [-0.2, 0) is 4.74 Å². The predicted octanol–water partition coefficient (Wildman–Crippen LogP) is 3.58. The van der Waals surface area contributed by atoms with E-state index in [1.54, 1.807) is 12.1 Å². The van der Waals surface area contributed by atoms with Crippen molar-refractivity contribution < 1.29 is 9.13 Å². The van der Waals surface area contributed by atoms with Crippen LogP contribution >= 0.6 is 0 Å². The molecule has 0 aliphatic carbocycles. The van der Waals surface area contributed by atoms with Gasteiger partial charge in [-0.25, -0.2) is 4.39 Å². The molecule has 0 aromatic heterocycles. The van der Waals surface area contributed by atoms with E-state index in [1.165, 1.54) is 6.07 Å². The van der Waals surface area contributed by atoms with Crippen molar-refractivity contribution in [1.82, 2.24) is 5.32 Å². The molecule has 108 valence electrons. The Morgan fingerprint density at radius 1 is 1.26 bits per heavy atom. The van der Waals surface area contributed by atoms with Gasteiger partial charge in [0.15, 0.2) is 0 Å². The lowest BCUT2D eigenvalue weighted by Crippen LogP contribution is -2.26. The van der Waals surface area contributed by atoms with Crippen LogP contribution in [0.5, 0.6) is 0 Å². The van der Waals surface area contributed by atoms with E-state index in [9.17, 15) is 4.39 Å². The fraction of sp³-hybridized carbons (Fsp3) is 0.625. The number of nitrogens with one attached hydrogen (secondary N) is 1. The van der Waals surface area contributed by atoms with Gasteiger partial charge in [-0.2, -0.15) is 0 Å². The fourth-order valence-electron chi connectivity index (χ4n) is 2.06. The maximum atomic E-state index is 13.3. The third-order valence-corrected chi connectivity index (χ3v) is 3.08. The fourth-order valence-corrected chi connectivity index (χ4v) is 2.06. The SMILES string of the molecule is CCOCCC(CNCC(C)C)c1cccc(F)c1. The minimum absolute atomic E-state index is 0.164. The van der Waals surface area contributed by atoms with Crippen molar-refractivity contribution in [2.45, 2.75) is 33.1 Å². The second-order valence-electron chi connectivity index (χ2n) is 5.29. The molecule has 19 heavy (non-hydrogen) atoms. The van der Waals surface area contributed by atoms with Crippen LogP contribution in [0.4, 0.5) is 4.39 Å². The van der Waals surface area contributed by atoms with Gasteiger partial charge in [-0.1, -0.05) is 26.0 Å². The van der Waals surface area contributed by atoms with Crippen LogP contribution in [0.1, 0.15) is 38.7 Å². The van der Waals surface area contributed by atoms with Crippen molar-refractivity contribution in [1.29, 1.82) is 0 Å². The first-order chi connectivity index (χ1) is 9.13. The molecular weight excluding hydrogens is 241 g/mol. The van der Waals surface area contributed by atoms with E-state index in [4.69, 9.17) is 4.74 Å². The summed E-state index contributed by atoms with van der Waals surface area (Å²) in [7, 11) is 0. The second-order valence-corrected chi connectivity index (χ2v) is 5.29. The molecule has 0 amide bonds. The van der Waals surface area contributed by atoms with Crippen LogP contribution in [0.2, 0.25) is 0 Å². The molecule has 0 aliphatic heterocycles. The summed E-state index contributed by atoms with van der Waals surface area (Å²) in [6.45, 7) is 9.68. The van der Waals surface area contributed by atoms with Gasteiger partial charge < -0.3 is 10.1 Å². The molecule has 1 aromatic rings. The molecule has 1 atom stereocenters. The van der Waals surface area contributed by atoms with E-state index < -0.39 is 0 Å². The molecule has 0 heterocycles. The second kappa shape index (κ2) is 9.05. The molecule has 3 heteroatoms. The minimum atomic E-state index is -0.164. The Hall–Kier alpha value is -0.930. The summed E-state index contributed by atoms with van der Waals surface area (Å²) in [5.74, 6) is 0.767. The van der Waals surface area contributed by atoms with Crippen LogP contribution in [0.25, 0.3) is 0 Å². The molecule has 1 aromatic carbocycles. The van der Waals surface area contributed by atoms with Crippen LogP contribution < -0.4 is 5.32 Å². The third-order valence-electron chi connectivity index (χ3n) is 3.08. The monoisotopic (exact) mass is 267 g/mol. The highest BCUT2D eigenvalue weighted by Crippen LogP contribution is 2.20. The van der Waals surface area contributed by atoms with Crippen LogP contribution in [-0.4, -0.2) is 26.3 Å². The number of ether oxygens (including phenoxy) is 1. The highest BCUT2D eigenvalue weighted by atomic mass is 19.1. The molecule has 2 nitrogen and oxygen atoms in total. The molecular formula is C16H26FNO. The number of rotatable bonds is 9. The lowest BCUT2D eigenvalue weighted by Gasteiger charge is -2.19. The molecule has 0 radical (unpaired) electrons. The molecule has 0 bridgehead atoms. The normalized spacial score (nSPS) is 12.9. The van der Waals surface area contributed by atoms with Crippen molar-refractivity contribution in [3.05, 3.63) is 35.6 Å². The van der Waals surface area contributed by atoms with Gasteiger partial charge in [0, 0.05) is 19.8 Å². The maximum Gasteiger partial charge on any atom is 0.123 e. The Labute approximate surface area is 116 Å². The first kappa shape index (κ1) is 16.1. The number of hydrogen-bond acceptors (Lipinski definition) is 2. The van der Waals surface area contributed by atoms with E-state index in [0.29, 0.717) is 11.8 Å². The summed E-state index contributed by atoms with van der Waals surface area (Å²) in [6, 6.07) is 6.90. The highest BCUT2D eigenvalue weighted by Gasteiger charge is 2.12. The zero-order chi connectivity index (χ0) is 14.1. The number of halogens is 1. The number of hydrogen-bond donors (Lipinski definition) is 1. The highest BCUT2D eigenvalue weighted by molar-refractivity contribution is 5.21. The van der Waals surface area contributed by atoms with Gasteiger partial charge in [0.05, 0.1) is 0 Å². The molecule has 1 N–H and O–H groups in total. The van der Waals surface area contributed by atoms with Crippen molar-refractivity contribution in [3.63, 3.8) is 0 Å². The maximum absolute atomic E-state index is 13.3. The van der Waals surface area contributed by atoms with Gasteiger partial charge in [-0.3, -0.25) is 0 Å². The molecule has 0 saturated heterocycles.